The van der Waals surface area contributed by atoms with Crippen LogP contribution in [0.5, 0.6) is 0 Å². The summed E-state index contributed by atoms with van der Waals surface area (Å²) in [6, 6.07) is 0. The second-order valence-corrected chi connectivity index (χ2v) is 1.79. The summed E-state index contributed by atoms with van der Waals surface area (Å²) in [6.07, 6.45) is 0.667. The number of nitrogens with zero attached hydrogens (tertiary/aromatic N) is 1. The monoisotopic (exact) mass is 115 g/mol. The molecule has 2 aliphatic rings. The number of carbonyl (C=O) groups excluding carboxylic acids is 1. The van der Waals surface area contributed by atoms with Crippen molar-refractivity contribution < 1.29 is 14.4 Å². The molecule has 0 spiro atoms. The number of carbonyl (C=O) groups is 1. The topological polar surface area (TPSA) is 41.8 Å². The molecular weight excluding hydrogens is 110 g/mol. The number of aldehydes is 1. The van der Waals surface area contributed by atoms with Crippen molar-refractivity contribution in [1.29, 1.82) is 0 Å². The summed E-state index contributed by atoms with van der Waals surface area (Å²) < 4.78 is 4.90. The molecule has 2 fully saturated rings. The Morgan fingerprint density at radius 3 is 2.88 bits per heavy atom. The molecule has 0 aromatic heterocycles. The molecule has 0 N–H and O–H groups in total. The summed E-state index contributed by atoms with van der Waals surface area (Å²) in [6.45, 7) is 1.30. The molecule has 4 nitrogen and oxygen atoms in total. The van der Waals surface area contributed by atoms with Gasteiger partial charge in [-0.15, -0.1) is 5.06 Å². The van der Waals surface area contributed by atoms with Crippen LogP contribution < -0.4 is 0 Å². The van der Waals surface area contributed by atoms with Crippen molar-refractivity contribution in [1.82, 2.24) is 5.06 Å². The van der Waals surface area contributed by atoms with Gasteiger partial charge >= 0.3 is 5.91 Å². The van der Waals surface area contributed by atoms with Crippen molar-refractivity contribution in [3.63, 3.8) is 0 Å². The average molecular weight is 115 g/mol. The first-order valence-corrected chi connectivity index (χ1v) is 2.44. The third kappa shape index (κ3) is 0.334. The molecule has 8 heavy (non-hydrogen) atoms. The van der Waals surface area contributed by atoms with Crippen molar-refractivity contribution in [3.8, 4) is 0 Å². The second kappa shape index (κ2) is 1.10. The number of hydroxylamine groups is 2. The van der Waals surface area contributed by atoms with Crippen molar-refractivity contribution in [2.45, 2.75) is 5.91 Å². The largest absolute Gasteiger partial charge is 0.328 e. The SMILES string of the molecule is O=CC12OCCN1O2. The van der Waals surface area contributed by atoms with E-state index < -0.39 is 5.91 Å². The molecule has 44 valence electrons. The summed E-state index contributed by atoms with van der Waals surface area (Å²) in [7, 11) is 0. The first-order valence-electron chi connectivity index (χ1n) is 2.44. The van der Waals surface area contributed by atoms with Gasteiger partial charge in [-0.3, -0.25) is 4.79 Å². The molecule has 0 aromatic carbocycles. The normalized spacial score (nSPS) is 50.8. The summed E-state index contributed by atoms with van der Waals surface area (Å²) in [5, 5.41) is 1.51. The van der Waals surface area contributed by atoms with Gasteiger partial charge in [-0.2, -0.15) is 0 Å². The number of hydrogen-bond donors (Lipinski definition) is 0. The van der Waals surface area contributed by atoms with E-state index in [-0.39, 0.29) is 0 Å². The fourth-order valence-corrected chi connectivity index (χ4v) is 0.826. The van der Waals surface area contributed by atoms with Gasteiger partial charge in [0.15, 0.2) is 6.29 Å². The molecule has 2 heterocycles. The van der Waals surface area contributed by atoms with Crippen LogP contribution in [0.3, 0.4) is 0 Å². The van der Waals surface area contributed by atoms with E-state index in [0.717, 1.165) is 0 Å². The van der Waals surface area contributed by atoms with Crippen LogP contribution in [-0.4, -0.2) is 30.4 Å². The Hall–Kier alpha value is -0.450. The predicted molar refractivity (Wildman–Crippen MR) is 22.5 cm³/mol. The summed E-state index contributed by atoms with van der Waals surface area (Å²) in [5.41, 5.74) is 0. The van der Waals surface area contributed by atoms with Crippen LogP contribution in [0.1, 0.15) is 0 Å². The fraction of sp³-hybridized carbons (Fsp3) is 0.750. The third-order valence-corrected chi connectivity index (χ3v) is 1.31. The van der Waals surface area contributed by atoms with Gasteiger partial charge in [0, 0.05) is 0 Å². The molecular formula is C4H5NO3. The molecule has 2 atom stereocenters. The summed E-state index contributed by atoms with van der Waals surface area (Å²) >= 11 is 0. The predicted octanol–water partition coefficient (Wildman–Crippen LogP) is -0.883. The van der Waals surface area contributed by atoms with E-state index in [0.29, 0.717) is 19.4 Å². The van der Waals surface area contributed by atoms with Crippen LogP contribution in [0, 0.1) is 0 Å². The Morgan fingerprint density at radius 2 is 2.62 bits per heavy atom. The van der Waals surface area contributed by atoms with Gasteiger partial charge in [0.1, 0.15) is 0 Å². The minimum Gasteiger partial charge on any atom is -0.327 e. The summed E-state index contributed by atoms with van der Waals surface area (Å²) in [4.78, 5) is 14.8. The molecule has 0 bridgehead atoms. The zero-order valence-corrected chi connectivity index (χ0v) is 4.16. The molecule has 2 rings (SSSR count). The number of hydrogen-bond acceptors (Lipinski definition) is 4. The van der Waals surface area contributed by atoms with Gasteiger partial charge in [-0.05, 0) is 0 Å². The van der Waals surface area contributed by atoms with E-state index in [4.69, 9.17) is 9.57 Å². The van der Waals surface area contributed by atoms with E-state index in [1.807, 2.05) is 0 Å². The average Bonchev–Trinajstić information content (AvgIpc) is 2.38. The minimum atomic E-state index is -0.944. The standard InChI is InChI=1S/C4H5NO3/c6-3-4-5(8-4)1-2-7-4/h3H,1-2H2. The zero-order valence-electron chi connectivity index (χ0n) is 4.16. The van der Waals surface area contributed by atoms with E-state index in [1.54, 1.807) is 0 Å². The maximum atomic E-state index is 10.1. The summed E-state index contributed by atoms with van der Waals surface area (Å²) in [5.74, 6) is -0.944. The lowest BCUT2D eigenvalue weighted by atomic mass is 10.6. The van der Waals surface area contributed by atoms with Crippen molar-refractivity contribution >= 4 is 6.29 Å². The lowest BCUT2D eigenvalue weighted by Gasteiger charge is -1.92. The molecule has 2 aliphatic heterocycles. The molecule has 0 radical (unpaired) electrons. The quantitative estimate of drug-likeness (QED) is 0.328. The van der Waals surface area contributed by atoms with Crippen LogP contribution >= 0.6 is 0 Å². The molecule has 0 saturated carbocycles. The van der Waals surface area contributed by atoms with Crippen LogP contribution in [0.25, 0.3) is 0 Å². The molecule has 0 aromatic rings. The Balaban J connectivity index is 2.18. The minimum absolute atomic E-state index is 0.596. The van der Waals surface area contributed by atoms with Gasteiger partial charge in [0.25, 0.3) is 0 Å². The van der Waals surface area contributed by atoms with Crippen LogP contribution in [0.4, 0.5) is 0 Å². The van der Waals surface area contributed by atoms with Crippen molar-refractivity contribution in [2.75, 3.05) is 13.2 Å². The Kier molecular flexibility index (Phi) is 0.609. The van der Waals surface area contributed by atoms with Crippen LogP contribution in [-0.2, 0) is 14.4 Å². The smallest absolute Gasteiger partial charge is 0.327 e. The Bertz CT molecular complexity index is 137. The maximum absolute atomic E-state index is 10.1. The first-order chi connectivity index (χ1) is 3.87. The highest BCUT2D eigenvalue weighted by atomic mass is 17.0. The molecule has 4 heteroatoms. The Morgan fingerprint density at radius 1 is 1.75 bits per heavy atom. The van der Waals surface area contributed by atoms with E-state index in [2.05, 4.69) is 0 Å². The number of fused-ring (bicyclic) bond motifs is 1. The van der Waals surface area contributed by atoms with E-state index in [1.165, 1.54) is 5.06 Å². The van der Waals surface area contributed by atoms with Gasteiger partial charge in [-0.25, -0.2) is 4.84 Å². The van der Waals surface area contributed by atoms with Gasteiger partial charge in [-0.1, -0.05) is 0 Å². The maximum Gasteiger partial charge on any atom is 0.328 e. The third-order valence-electron chi connectivity index (χ3n) is 1.31. The molecule has 0 aliphatic carbocycles. The lowest BCUT2D eigenvalue weighted by Crippen LogP contribution is -2.15. The zero-order chi connectivity index (χ0) is 5.61. The highest BCUT2D eigenvalue weighted by molar-refractivity contribution is 5.62. The second-order valence-electron chi connectivity index (χ2n) is 1.79. The van der Waals surface area contributed by atoms with E-state index in [9.17, 15) is 4.79 Å². The van der Waals surface area contributed by atoms with Gasteiger partial charge in [0.05, 0.1) is 13.2 Å². The number of rotatable bonds is 1. The molecule has 2 unspecified atom stereocenters. The number of ether oxygens (including phenoxy) is 1. The lowest BCUT2D eigenvalue weighted by molar-refractivity contribution is -0.128. The van der Waals surface area contributed by atoms with E-state index >= 15 is 0 Å². The molecule has 0 amide bonds. The van der Waals surface area contributed by atoms with Gasteiger partial charge < -0.3 is 4.74 Å². The van der Waals surface area contributed by atoms with Crippen LogP contribution in [0.15, 0.2) is 0 Å². The van der Waals surface area contributed by atoms with Crippen molar-refractivity contribution in [2.24, 2.45) is 0 Å². The van der Waals surface area contributed by atoms with Crippen molar-refractivity contribution in [3.05, 3.63) is 0 Å². The first kappa shape index (κ1) is 4.43. The highest BCUT2D eigenvalue weighted by Gasteiger charge is 2.61. The fourth-order valence-electron chi connectivity index (χ4n) is 0.826. The Labute approximate surface area is 45.9 Å². The molecule has 2 saturated heterocycles. The van der Waals surface area contributed by atoms with Gasteiger partial charge in [0.2, 0.25) is 0 Å². The van der Waals surface area contributed by atoms with Crippen LogP contribution in [0.2, 0.25) is 0 Å². The highest BCUT2D eigenvalue weighted by Crippen LogP contribution is 2.37.